The van der Waals surface area contributed by atoms with Crippen LogP contribution < -0.4 is 0 Å². The number of aromatic nitrogens is 1. The summed E-state index contributed by atoms with van der Waals surface area (Å²) in [5, 5.41) is 10.6. The predicted molar refractivity (Wildman–Crippen MR) is 60.8 cm³/mol. The van der Waals surface area contributed by atoms with Gasteiger partial charge in [-0.25, -0.2) is 0 Å². The van der Waals surface area contributed by atoms with Gasteiger partial charge in [0.25, 0.3) is 0 Å². The van der Waals surface area contributed by atoms with Crippen LogP contribution in [0.2, 0.25) is 0 Å². The first-order chi connectivity index (χ1) is 8.36. The minimum Gasteiger partial charge on any atom is -0.385 e. The lowest BCUT2D eigenvalue weighted by atomic mass is 9.71. The van der Waals surface area contributed by atoms with Gasteiger partial charge in [0.15, 0.2) is 0 Å². The molecule has 0 radical (unpaired) electrons. The highest BCUT2D eigenvalue weighted by molar-refractivity contribution is 5.32. The van der Waals surface area contributed by atoms with E-state index in [0.29, 0.717) is 6.42 Å². The molecule has 100 valence electrons. The number of pyridine rings is 1. The van der Waals surface area contributed by atoms with Crippen molar-refractivity contribution in [1.82, 2.24) is 4.98 Å². The molecule has 2 nitrogen and oxygen atoms in total. The number of rotatable bonds is 1. The third-order valence-corrected chi connectivity index (χ3v) is 3.85. The highest BCUT2D eigenvalue weighted by Gasteiger charge is 2.44. The van der Waals surface area contributed by atoms with Crippen LogP contribution in [-0.2, 0) is 11.8 Å². The van der Waals surface area contributed by atoms with Crippen LogP contribution in [0.5, 0.6) is 0 Å². The van der Waals surface area contributed by atoms with Crippen molar-refractivity contribution >= 4 is 0 Å². The first kappa shape index (κ1) is 13.3. The lowest BCUT2D eigenvalue weighted by molar-refractivity contribution is -0.143. The van der Waals surface area contributed by atoms with E-state index in [-0.39, 0.29) is 11.5 Å². The van der Waals surface area contributed by atoms with Gasteiger partial charge in [0, 0.05) is 18.0 Å². The Balaban J connectivity index is 2.50. The summed E-state index contributed by atoms with van der Waals surface area (Å²) in [6.07, 6.45) is 0.614. The molecule has 2 rings (SSSR count). The first-order valence-corrected chi connectivity index (χ1v) is 6.10. The van der Waals surface area contributed by atoms with Crippen molar-refractivity contribution in [2.45, 2.75) is 44.4 Å². The Morgan fingerprint density at radius 2 is 2.11 bits per heavy atom. The van der Waals surface area contributed by atoms with E-state index < -0.39 is 17.3 Å². The lowest BCUT2D eigenvalue weighted by Crippen LogP contribution is -2.38. The molecule has 0 bridgehead atoms. The van der Waals surface area contributed by atoms with Gasteiger partial charge < -0.3 is 5.11 Å². The minimum atomic E-state index is -4.45. The average molecular weight is 259 g/mol. The van der Waals surface area contributed by atoms with Crippen LogP contribution in [0.15, 0.2) is 18.5 Å². The molecule has 1 N–H and O–H groups in total. The van der Waals surface area contributed by atoms with Crippen LogP contribution >= 0.6 is 0 Å². The van der Waals surface area contributed by atoms with E-state index >= 15 is 0 Å². The zero-order valence-electron chi connectivity index (χ0n) is 10.2. The number of aliphatic hydroxyl groups is 1. The Bertz CT molecular complexity index is 432. The second kappa shape index (κ2) is 4.53. The van der Waals surface area contributed by atoms with Crippen LogP contribution in [0.3, 0.4) is 0 Å². The zero-order chi connectivity index (χ0) is 13.4. The number of alkyl halides is 3. The fourth-order valence-corrected chi connectivity index (χ4v) is 2.72. The summed E-state index contributed by atoms with van der Waals surface area (Å²) in [5.41, 5.74) is -2.25. The molecule has 1 aromatic heterocycles. The standard InChI is InChI=1S/C13H16F3NO/c1-9-4-2-3-6-12(9,18)11-8-17-7-5-10(11)13(14,15)16/h5,7-9,18H,2-4,6H2,1H3. The number of hydrogen-bond acceptors (Lipinski definition) is 2. The molecule has 5 heteroatoms. The van der Waals surface area contributed by atoms with Crippen LogP contribution in [0.1, 0.15) is 43.7 Å². The van der Waals surface area contributed by atoms with Crippen molar-refractivity contribution in [2.75, 3.05) is 0 Å². The maximum absolute atomic E-state index is 13.0. The molecule has 1 aliphatic rings. The fourth-order valence-electron chi connectivity index (χ4n) is 2.72. The third-order valence-electron chi connectivity index (χ3n) is 3.85. The Morgan fingerprint density at radius 3 is 2.72 bits per heavy atom. The lowest BCUT2D eigenvalue weighted by Gasteiger charge is -2.39. The normalized spacial score (nSPS) is 29.3. The highest BCUT2D eigenvalue weighted by atomic mass is 19.4. The van der Waals surface area contributed by atoms with E-state index in [1.807, 2.05) is 0 Å². The van der Waals surface area contributed by atoms with Crippen LogP contribution in [0.4, 0.5) is 13.2 Å². The largest absolute Gasteiger partial charge is 0.416 e. The monoisotopic (exact) mass is 259 g/mol. The minimum absolute atomic E-state index is 0.0790. The van der Waals surface area contributed by atoms with Gasteiger partial charge in [0.1, 0.15) is 0 Å². The SMILES string of the molecule is CC1CCCCC1(O)c1cnccc1C(F)(F)F. The first-order valence-electron chi connectivity index (χ1n) is 6.10. The maximum atomic E-state index is 13.0. The van der Waals surface area contributed by atoms with Crippen molar-refractivity contribution in [2.24, 2.45) is 5.92 Å². The van der Waals surface area contributed by atoms with E-state index in [2.05, 4.69) is 4.98 Å². The van der Waals surface area contributed by atoms with Crippen LogP contribution in [0, 0.1) is 5.92 Å². The summed E-state index contributed by atoms with van der Waals surface area (Å²) >= 11 is 0. The van der Waals surface area contributed by atoms with Crippen molar-refractivity contribution in [3.05, 3.63) is 29.6 Å². The molecule has 1 saturated carbocycles. The molecule has 1 aliphatic carbocycles. The highest BCUT2D eigenvalue weighted by Crippen LogP contribution is 2.45. The summed E-state index contributed by atoms with van der Waals surface area (Å²) in [6, 6.07) is 0.939. The van der Waals surface area contributed by atoms with Crippen LogP contribution in [0.25, 0.3) is 0 Å². The summed E-state index contributed by atoms with van der Waals surface area (Å²) in [6.45, 7) is 1.80. The molecule has 0 saturated heterocycles. The Labute approximate surface area is 104 Å². The summed E-state index contributed by atoms with van der Waals surface area (Å²) in [4.78, 5) is 3.75. The molecule has 1 heterocycles. The molecular weight excluding hydrogens is 243 g/mol. The predicted octanol–water partition coefficient (Wildman–Crippen LogP) is 3.50. The molecule has 1 fully saturated rings. The van der Waals surface area contributed by atoms with E-state index in [1.54, 1.807) is 6.92 Å². The third kappa shape index (κ3) is 2.23. The fraction of sp³-hybridized carbons (Fsp3) is 0.615. The van der Waals surface area contributed by atoms with Crippen molar-refractivity contribution in [3.8, 4) is 0 Å². The number of hydrogen-bond donors (Lipinski definition) is 1. The maximum Gasteiger partial charge on any atom is 0.416 e. The van der Waals surface area contributed by atoms with Gasteiger partial charge in [-0.1, -0.05) is 19.8 Å². The molecule has 0 aliphatic heterocycles. The topological polar surface area (TPSA) is 33.1 Å². The molecule has 0 spiro atoms. The molecule has 2 unspecified atom stereocenters. The van der Waals surface area contributed by atoms with Crippen molar-refractivity contribution in [1.29, 1.82) is 0 Å². The van der Waals surface area contributed by atoms with E-state index in [1.165, 1.54) is 0 Å². The van der Waals surface area contributed by atoms with Gasteiger partial charge in [-0.3, -0.25) is 4.98 Å². The zero-order valence-corrected chi connectivity index (χ0v) is 10.2. The van der Waals surface area contributed by atoms with Gasteiger partial charge in [-0.15, -0.1) is 0 Å². The quantitative estimate of drug-likeness (QED) is 0.837. The van der Waals surface area contributed by atoms with Gasteiger partial charge in [-0.2, -0.15) is 13.2 Å². The molecule has 0 amide bonds. The average Bonchev–Trinajstić information content (AvgIpc) is 2.32. The second-order valence-electron chi connectivity index (χ2n) is 4.99. The number of nitrogens with zero attached hydrogens (tertiary/aromatic N) is 1. The van der Waals surface area contributed by atoms with Gasteiger partial charge >= 0.3 is 6.18 Å². The Kier molecular flexibility index (Phi) is 3.36. The van der Waals surface area contributed by atoms with Gasteiger partial charge in [0.2, 0.25) is 0 Å². The second-order valence-corrected chi connectivity index (χ2v) is 4.99. The van der Waals surface area contributed by atoms with Crippen molar-refractivity contribution in [3.63, 3.8) is 0 Å². The van der Waals surface area contributed by atoms with E-state index in [4.69, 9.17) is 0 Å². The molecule has 2 atom stereocenters. The summed E-state index contributed by atoms with van der Waals surface area (Å²) in [5.74, 6) is -0.184. The van der Waals surface area contributed by atoms with Crippen molar-refractivity contribution < 1.29 is 18.3 Å². The van der Waals surface area contributed by atoms with E-state index in [9.17, 15) is 18.3 Å². The smallest absolute Gasteiger partial charge is 0.385 e. The summed E-state index contributed by atoms with van der Waals surface area (Å²) < 4.78 is 38.9. The Morgan fingerprint density at radius 1 is 1.39 bits per heavy atom. The molecule has 1 aromatic rings. The van der Waals surface area contributed by atoms with Gasteiger partial charge in [-0.05, 0) is 24.8 Å². The number of halogens is 3. The van der Waals surface area contributed by atoms with E-state index in [0.717, 1.165) is 37.7 Å². The molecule has 0 aromatic carbocycles. The van der Waals surface area contributed by atoms with Crippen LogP contribution in [-0.4, -0.2) is 10.1 Å². The molecular formula is C13H16F3NO. The van der Waals surface area contributed by atoms with Gasteiger partial charge in [0.05, 0.1) is 11.2 Å². The Hall–Kier alpha value is -1.10. The molecule has 18 heavy (non-hydrogen) atoms. The summed E-state index contributed by atoms with van der Waals surface area (Å²) in [7, 11) is 0.